The molecule has 2 unspecified atom stereocenters. The third-order valence-corrected chi connectivity index (χ3v) is 4.45. The number of hydrogen-bond acceptors (Lipinski definition) is 2. The Kier molecular flexibility index (Phi) is 4.04. The van der Waals surface area contributed by atoms with Crippen LogP contribution >= 0.6 is 11.3 Å². The van der Waals surface area contributed by atoms with Crippen LogP contribution in [0, 0.1) is 11.8 Å². The molecule has 1 aromatic rings. The molecular weight excluding hydrogens is 214 g/mol. The lowest BCUT2D eigenvalue weighted by Gasteiger charge is -2.29. The molecule has 0 aromatic carbocycles. The first kappa shape index (κ1) is 11.7. The summed E-state index contributed by atoms with van der Waals surface area (Å²) in [6, 6.07) is 2.83. The summed E-state index contributed by atoms with van der Waals surface area (Å²) in [7, 11) is 2.06. The van der Waals surface area contributed by atoms with Crippen molar-refractivity contribution >= 4 is 11.3 Å². The fourth-order valence-electron chi connectivity index (χ4n) is 2.60. The molecule has 1 N–H and O–H groups in total. The zero-order valence-electron chi connectivity index (χ0n) is 10.0. The van der Waals surface area contributed by atoms with E-state index < -0.39 is 0 Å². The highest BCUT2D eigenvalue weighted by molar-refractivity contribution is 7.10. The van der Waals surface area contributed by atoms with Crippen molar-refractivity contribution in [2.24, 2.45) is 0 Å². The Morgan fingerprint density at radius 3 is 3.25 bits per heavy atom. The Morgan fingerprint density at radius 1 is 1.62 bits per heavy atom. The van der Waals surface area contributed by atoms with Gasteiger partial charge in [-0.1, -0.05) is 0 Å². The van der Waals surface area contributed by atoms with Crippen molar-refractivity contribution < 1.29 is 0 Å². The molecule has 0 bridgehead atoms. The third-order valence-electron chi connectivity index (χ3n) is 3.45. The van der Waals surface area contributed by atoms with Crippen LogP contribution in [-0.4, -0.2) is 13.1 Å². The van der Waals surface area contributed by atoms with Gasteiger partial charge in [0.1, 0.15) is 0 Å². The van der Waals surface area contributed by atoms with Gasteiger partial charge in [-0.2, -0.15) is 0 Å². The minimum absolute atomic E-state index is 0.515. The van der Waals surface area contributed by atoms with E-state index in [1.54, 1.807) is 10.4 Å². The summed E-state index contributed by atoms with van der Waals surface area (Å²) >= 11 is 1.92. The predicted octanol–water partition coefficient (Wildman–Crippen LogP) is 3.17. The van der Waals surface area contributed by atoms with Gasteiger partial charge in [-0.15, -0.1) is 23.2 Å². The quantitative estimate of drug-likeness (QED) is 0.791. The Morgan fingerprint density at radius 2 is 2.50 bits per heavy atom. The zero-order valence-corrected chi connectivity index (χ0v) is 10.9. The molecule has 0 radical (unpaired) electrons. The zero-order chi connectivity index (χ0) is 11.4. The number of likely N-dealkylation sites (N-methyl/N-ethyl adjacent to an activating group) is 1. The second-order valence-electron chi connectivity index (χ2n) is 4.32. The Balaban J connectivity index is 2.17. The average Bonchev–Trinajstić information content (AvgIpc) is 2.78. The number of rotatable bonds is 3. The molecule has 0 aliphatic heterocycles. The number of hydrogen-bond donors (Lipinski definition) is 1. The normalized spacial score (nSPS) is 20.8. The smallest absolute Gasteiger partial charge is 0.0249 e. The van der Waals surface area contributed by atoms with E-state index in [4.69, 9.17) is 0 Å². The van der Waals surface area contributed by atoms with Crippen LogP contribution in [0.25, 0.3) is 0 Å². The summed E-state index contributed by atoms with van der Waals surface area (Å²) in [5.74, 6) is 6.88. The molecule has 1 aromatic heterocycles. The maximum atomic E-state index is 3.44. The van der Waals surface area contributed by atoms with Crippen molar-refractivity contribution in [2.75, 3.05) is 7.05 Å². The van der Waals surface area contributed by atoms with E-state index in [2.05, 4.69) is 35.7 Å². The lowest BCUT2D eigenvalue weighted by atomic mass is 9.81. The Bertz CT molecular complexity index is 396. The van der Waals surface area contributed by atoms with Gasteiger partial charge in [0.25, 0.3) is 0 Å². The first-order valence-corrected chi connectivity index (χ1v) is 6.88. The second-order valence-corrected chi connectivity index (χ2v) is 5.32. The minimum atomic E-state index is 0.515. The summed E-state index contributed by atoms with van der Waals surface area (Å²) in [5.41, 5.74) is 1.58. The molecule has 2 rings (SSSR count). The molecule has 1 heterocycles. The first-order chi connectivity index (χ1) is 7.86. The van der Waals surface area contributed by atoms with Gasteiger partial charge in [0.2, 0.25) is 0 Å². The second kappa shape index (κ2) is 5.52. The van der Waals surface area contributed by atoms with E-state index in [0.29, 0.717) is 12.0 Å². The highest BCUT2D eigenvalue weighted by Gasteiger charge is 2.27. The van der Waals surface area contributed by atoms with Gasteiger partial charge in [0.05, 0.1) is 0 Å². The molecule has 1 aliphatic carbocycles. The third kappa shape index (κ3) is 2.31. The molecule has 16 heavy (non-hydrogen) atoms. The molecule has 1 aliphatic rings. The van der Waals surface area contributed by atoms with Gasteiger partial charge < -0.3 is 5.32 Å². The Labute approximate surface area is 102 Å². The topological polar surface area (TPSA) is 12.0 Å². The molecule has 86 valence electrons. The number of nitrogens with one attached hydrogen (secondary N) is 1. The summed E-state index contributed by atoms with van der Waals surface area (Å²) in [4.78, 5) is 1.60. The van der Waals surface area contributed by atoms with Crippen LogP contribution in [0.3, 0.4) is 0 Å². The summed E-state index contributed by atoms with van der Waals surface area (Å²) in [6.07, 6.45) is 4.88. The molecule has 2 atom stereocenters. The molecule has 0 amide bonds. The average molecular weight is 233 g/mol. The molecule has 0 saturated heterocycles. The van der Waals surface area contributed by atoms with Crippen LogP contribution in [0.2, 0.25) is 0 Å². The monoisotopic (exact) mass is 233 g/mol. The van der Waals surface area contributed by atoms with Gasteiger partial charge in [-0.3, -0.25) is 0 Å². The van der Waals surface area contributed by atoms with E-state index in [0.717, 1.165) is 6.42 Å². The van der Waals surface area contributed by atoms with Crippen molar-refractivity contribution in [1.82, 2.24) is 5.32 Å². The van der Waals surface area contributed by atoms with E-state index in [-0.39, 0.29) is 0 Å². The van der Waals surface area contributed by atoms with Crippen molar-refractivity contribution in [2.45, 2.75) is 44.6 Å². The van der Waals surface area contributed by atoms with Crippen molar-refractivity contribution in [3.8, 4) is 11.8 Å². The standard InChI is InChI=1S/C14H19NS/c1-3-4-7-13(15-2)11-6-5-8-14-12(11)9-10-16-14/h9-11,13,15H,5-8H2,1-2H3. The van der Waals surface area contributed by atoms with Crippen LogP contribution in [0.15, 0.2) is 11.4 Å². The number of aryl methyl sites for hydroxylation is 1. The van der Waals surface area contributed by atoms with Gasteiger partial charge in [0.15, 0.2) is 0 Å². The van der Waals surface area contributed by atoms with E-state index in [1.807, 2.05) is 18.3 Å². The van der Waals surface area contributed by atoms with Crippen molar-refractivity contribution in [1.29, 1.82) is 0 Å². The van der Waals surface area contributed by atoms with Crippen LogP contribution in [0.4, 0.5) is 0 Å². The highest BCUT2D eigenvalue weighted by Crippen LogP contribution is 2.37. The van der Waals surface area contributed by atoms with Crippen molar-refractivity contribution in [3.05, 3.63) is 21.9 Å². The van der Waals surface area contributed by atoms with Crippen LogP contribution in [-0.2, 0) is 6.42 Å². The highest BCUT2D eigenvalue weighted by atomic mass is 32.1. The fraction of sp³-hybridized carbons (Fsp3) is 0.571. The number of fused-ring (bicyclic) bond motifs is 1. The molecule has 0 fully saturated rings. The lowest BCUT2D eigenvalue weighted by molar-refractivity contribution is 0.422. The Hall–Kier alpha value is -0.780. The van der Waals surface area contributed by atoms with E-state index >= 15 is 0 Å². The largest absolute Gasteiger partial charge is 0.315 e. The van der Waals surface area contributed by atoms with Gasteiger partial charge >= 0.3 is 0 Å². The van der Waals surface area contributed by atoms with Gasteiger partial charge in [-0.25, -0.2) is 0 Å². The van der Waals surface area contributed by atoms with E-state index in [9.17, 15) is 0 Å². The molecule has 1 nitrogen and oxygen atoms in total. The van der Waals surface area contributed by atoms with Crippen LogP contribution < -0.4 is 5.32 Å². The van der Waals surface area contributed by atoms with E-state index in [1.165, 1.54) is 19.3 Å². The van der Waals surface area contributed by atoms with Gasteiger partial charge in [0, 0.05) is 23.3 Å². The number of thiophene rings is 1. The summed E-state index contributed by atoms with van der Waals surface area (Å²) < 4.78 is 0. The van der Waals surface area contributed by atoms with Crippen molar-refractivity contribution in [3.63, 3.8) is 0 Å². The molecular formula is C14H19NS. The predicted molar refractivity (Wildman–Crippen MR) is 70.9 cm³/mol. The first-order valence-electron chi connectivity index (χ1n) is 6.00. The summed E-state index contributed by atoms with van der Waals surface area (Å²) in [6.45, 7) is 1.92. The fourth-order valence-corrected chi connectivity index (χ4v) is 3.59. The van der Waals surface area contributed by atoms with Crippen LogP contribution in [0.1, 0.15) is 42.5 Å². The molecule has 2 heteroatoms. The van der Waals surface area contributed by atoms with Crippen LogP contribution in [0.5, 0.6) is 0 Å². The SMILES string of the molecule is CC#CCC(NC)C1CCCc2sccc21. The maximum Gasteiger partial charge on any atom is 0.0249 e. The maximum absolute atomic E-state index is 3.44. The molecule has 0 saturated carbocycles. The minimum Gasteiger partial charge on any atom is -0.315 e. The summed E-state index contributed by atoms with van der Waals surface area (Å²) in [5, 5.41) is 5.68. The van der Waals surface area contributed by atoms with Gasteiger partial charge in [-0.05, 0) is 50.2 Å². The lowest BCUT2D eigenvalue weighted by Crippen LogP contribution is -2.33. The molecule has 0 spiro atoms.